The summed E-state index contributed by atoms with van der Waals surface area (Å²) >= 11 is 0. The minimum absolute atomic E-state index is 0.00691. The molecule has 0 aliphatic carbocycles. The second kappa shape index (κ2) is 13.9. The fourth-order valence-electron chi connectivity index (χ4n) is 7.18. The molecule has 9 heteroatoms. The molecule has 6 rings (SSSR count). The number of carbonyl (C=O) groups is 1. The van der Waals surface area contributed by atoms with E-state index < -0.39 is 5.97 Å². The van der Waals surface area contributed by atoms with Crippen molar-refractivity contribution in [1.29, 1.82) is 0 Å². The first-order chi connectivity index (χ1) is 22.6. The molecule has 1 fully saturated rings. The summed E-state index contributed by atoms with van der Waals surface area (Å²) in [5.74, 6) is 1.00. The molecule has 4 aromatic rings. The highest BCUT2D eigenvalue weighted by molar-refractivity contribution is 5.90. The topological polar surface area (TPSA) is 98.9 Å². The van der Waals surface area contributed by atoms with E-state index in [2.05, 4.69) is 42.9 Å². The molecule has 0 saturated carbocycles. The van der Waals surface area contributed by atoms with E-state index in [0.29, 0.717) is 30.6 Å². The van der Waals surface area contributed by atoms with Gasteiger partial charge in [-0.1, -0.05) is 30.3 Å². The number of carboxylic acid groups (broad SMARTS) is 1. The molecule has 47 heavy (non-hydrogen) atoms. The second-order valence-electron chi connectivity index (χ2n) is 13.4. The van der Waals surface area contributed by atoms with E-state index in [0.717, 1.165) is 68.8 Å². The van der Waals surface area contributed by atoms with Gasteiger partial charge in [0.25, 0.3) is 0 Å². The number of aromatic carboxylic acids is 1. The van der Waals surface area contributed by atoms with Gasteiger partial charge in [0.05, 0.1) is 30.7 Å². The van der Waals surface area contributed by atoms with Crippen LogP contribution in [0.15, 0.2) is 54.7 Å². The quantitative estimate of drug-likeness (QED) is 0.191. The predicted octanol–water partition coefficient (Wildman–Crippen LogP) is 6.83. The first-order valence-corrected chi connectivity index (χ1v) is 16.7. The Kier molecular flexibility index (Phi) is 9.66. The van der Waals surface area contributed by atoms with E-state index in [9.17, 15) is 9.90 Å². The van der Waals surface area contributed by atoms with Crippen LogP contribution in [0.1, 0.15) is 71.8 Å². The van der Waals surface area contributed by atoms with Crippen LogP contribution < -0.4 is 9.47 Å². The van der Waals surface area contributed by atoms with Crippen LogP contribution in [0.5, 0.6) is 11.6 Å². The third-order valence-corrected chi connectivity index (χ3v) is 9.49. The number of rotatable bonds is 11. The van der Waals surface area contributed by atoms with Crippen LogP contribution in [-0.4, -0.2) is 69.3 Å². The standard InChI is InChI=1S/C38H46N4O5/c1-6-45-36-32(37(43)44)22-39-42(36)34-12-8-11-33(40-34)31-10-7-9-25(2)35(31)46-19-17-28-13-14-29-24-41(18-15-30(29)26(28)3)23-27-16-20-47-38(4,5)21-27/h7-14,22,27H,6,15-21,23-24H2,1-5H3,(H,43,44). The minimum atomic E-state index is -1.10. The molecule has 0 spiro atoms. The van der Waals surface area contributed by atoms with Gasteiger partial charge in [-0.3, -0.25) is 4.90 Å². The Bertz CT molecular complexity index is 1750. The Labute approximate surface area is 277 Å². The van der Waals surface area contributed by atoms with Crippen molar-refractivity contribution >= 4 is 5.97 Å². The zero-order valence-electron chi connectivity index (χ0n) is 28.2. The third kappa shape index (κ3) is 7.21. The maximum atomic E-state index is 11.7. The van der Waals surface area contributed by atoms with Crippen molar-refractivity contribution in [2.75, 3.05) is 32.9 Å². The Morgan fingerprint density at radius 1 is 1.11 bits per heavy atom. The Morgan fingerprint density at radius 2 is 1.94 bits per heavy atom. The summed E-state index contributed by atoms with van der Waals surface area (Å²) in [5.41, 5.74) is 8.25. The highest BCUT2D eigenvalue weighted by atomic mass is 16.5. The first-order valence-electron chi connectivity index (χ1n) is 16.7. The van der Waals surface area contributed by atoms with Gasteiger partial charge in [0, 0.05) is 38.2 Å². The van der Waals surface area contributed by atoms with Crippen molar-refractivity contribution in [3.8, 4) is 28.7 Å². The lowest BCUT2D eigenvalue weighted by atomic mass is 9.86. The summed E-state index contributed by atoms with van der Waals surface area (Å²) in [6.45, 7) is 15.5. The molecule has 1 saturated heterocycles. The van der Waals surface area contributed by atoms with E-state index in [4.69, 9.17) is 19.2 Å². The molecule has 9 nitrogen and oxygen atoms in total. The van der Waals surface area contributed by atoms with Gasteiger partial charge < -0.3 is 19.3 Å². The predicted molar refractivity (Wildman–Crippen MR) is 182 cm³/mol. The molecule has 2 aliphatic rings. The van der Waals surface area contributed by atoms with Crippen LogP contribution in [0.2, 0.25) is 0 Å². The zero-order valence-corrected chi connectivity index (χ0v) is 28.2. The van der Waals surface area contributed by atoms with Gasteiger partial charge in [-0.25, -0.2) is 9.78 Å². The molecule has 248 valence electrons. The number of fused-ring (bicyclic) bond motifs is 1. The van der Waals surface area contributed by atoms with Gasteiger partial charge in [-0.15, -0.1) is 0 Å². The Morgan fingerprint density at radius 3 is 2.72 bits per heavy atom. The van der Waals surface area contributed by atoms with Crippen LogP contribution in [-0.2, 0) is 24.1 Å². The number of carboxylic acids is 1. The summed E-state index contributed by atoms with van der Waals surface area (Å²) in [5, 5.41) is 13.9. The Balaban J connectivity index is 1.15. The summed E-state index contributed by atoms with van der Waals surface area (Å²) in [6.07, 6.45) is 5.47. The van der Waals surface area contributed by atoms with E-state index in [1.807, 2.05) is 37.3 Å². The van der Waals surface area contributed by atoms with Crippen molar-refractivity contribution in [2.24, 2.45) is 5.92 Å². The van der Waals surface area contributed by atoms with Gasteiger partial charge in [-0.05, 0) is 106 Å². The fourth-order valence-corrected chi connectivity index (χ4v) is 7.18. The molecule has 2 aromatic heterocycles. The molecule has 0 radical (unpaired) electrons. The molecular weight excluding hydrogens is 592 g/mol. The van der Waals surface area contributed by atoms with E-state index in [1.165, 1.54) is 33.1 Å². The lowest BCUT2D eigenvalue weighted by molar-refractivity contribution is -0.0773. The number of pyridine rings is 1. The van der Waals surface area contributed by atoms with Gasteiger partial charge >= 0.3 is 5.97 Å². The SMILES string of the molecule is CCOc1c(C(=O)O)cnn1-c1cccc(-c2cccc(C)c2OCCc2ccc3c(c2C)CCN(CC2CCOC(C)(C)C2)C3)n1. The molecule has 0 bridgehead atoms. The van der Waals surface area contributed by atoms with Crippen LogP contribution >= 0.6 is 0 Å². The fraction of sp³-hybridized carbons (Fsp3) is 0.447. The first kappa shape index (κ1) is 32.7. The largest absolute Gasteiger partial charge is 0.492 e. The number of ether oxygens (including phenoxy) is 3. The summed E-state index contributed by atoms with van der Waals surface area (Å²) in [7, 11) is 0. The highest BCUT2D eigenvalue weighted by Crippen LogP contribution is 2.34. The van der Waals surface area contributed by atoms with Crippen molar-refractivity contribution in [3.63, 3.8) is 0 Å². The lowest BCUT2D eigenvalue weighted by Gasteiger charge is -2.39. The number of hydrogen-bond acceptors (Lipinski definition) is 7. The number of hydrogen-bond donors (Lipinski definition) is 1. The van der Waals surface area contributed by atoms with Crippen LogP contribution in [0.3, 0.4) is 0 Å². The van der Waals surface area contributed by atoms with Crippen LogP contribution in [0, 0.1) is 19.8 Å². The van der Waals surface area contributed by atoms with Gasteiger partial charge in [0.1, 0.15) is 11.3 Å². The number of aryl methyl sites for hydroxylation is 1. The molecule has 2 aromatic carbocycles. The average Bonchev–Trinajstić information content (AvgIpc) is 3.47. The lowest BCUT2D eigenvalue weighted by Crippen LogP contribution is -2.41. The monoisotopic (exact) mass is 638 g/mol. The van der Waals surface area contributed by atoms with Crippen LogP contribution in [0.25, 0.3) is 17.1 Å². The van der Waals surface area contributed by atoms with Crippen LogP contribution in [0.4, 0.5) is 0 Å². The maximum absolute atomic E-state index is 11.7. The number of aromatic nitrogens is 3. The molecule has 2 aliphatic heterocycles. The van der Waals surface area contributed by atoms with Crippen molar-refractivity contribution in [1.82, 2.24) is 19.7 Å². The normalized spacial score (nSPS) is 17.7. The van der Waals surface area contributed by atoms with Gasteiger partial charge in [-0.2, -0.15) is 9.78 Å². The molecular formula is C38H46N4O5. The van der Waals surface area contributed by atoms with Crippen molar-refractivity contribution in [3.05, 3.63) is 88.1 Å². The van der Waals surface area contributed by atoms with Gasteiger partial charge in [0.15, 0.2) is 5.82 Å². The van der Waals surface area contributed by atoms with Crippen molar-refractivity contribution < 1.29 is 24.1 Å². The molecule has 1 unspecified atom stereocenters. The van der Waals surface area contributed by atoms with E-state index in [-0.39, 0.29) is 17.0 Å². The summed E-state index contributed by atoms with van der Waals surface area (Å²) in [6, 6.07) is 16.2. The average molecular weight is 639 g/mol. The number of nitrogens with zero attached hydrogens (tertiary/aromatic N) is 4. The van der Waals surface area contributed by atoms with Crippen molar-refractivity contribution in [2.45, 2.75) is 72.4 Å². The minimum Gasteiger partial charge on any atom is -0.492 e. The van der Waals surface area contributed by atoms with E-state index in [1.54, 1.807) is 13.0 Å². The number of para-hydroxylation sites is 1. The second-order valence-corrected chi connectivity index (χ2v) is 13.4. The number of benzene rings is 2. The zero-order chi connectivity index (χ0) is 33.1. The summed E-state index contributed by atoms with van der Waals surface area (Å²) < 4.78 is 19.5. The van der Waals surface area contributed by atoms with E-state index >= 15 is 0 Å². The third-order valence-electron chi connectivity index (χ3n) is 9.49. The molecule has 1 atom stereocenters. The Hall–Kier alpha value is -4.21. The maximum Gasteiger partial charge on any atom is 0.342 e. The molecule has 1 N–H and O–H groups in total. The summed E-state index contributed by atoms with van der Waals surface area (Å²) in [4.78, 5) is 19.2. The smallest absolute Gasteiger partial charge is 0.342 e. The molecule has 0 amide bonds. The highest BCUT2D eigenvalue weighted by Gasteiger charge is 2.31. The molecule has 4 heterocycles. The van der Waals surface area contributed by atoms with Gasteiger partial charge in [0.2, 0.25) is 5.88 Å².